The van der Waals surface area contributed by atoms with Gasteiger partial charge in [0.1, 0.15) is 5.60 Å². The molecule has 0 aromatic heterocycles. The van der Waals surface area contributed by atoms with E-state index in [1.54, 1.807) is 4.90 Å². The second-order valence-electron chi connectivity index (χ2n) is 7.18. The molecule has 106 valence electrons. The van der Waals surface area contributed by atoms with Crippen LogP contribution in [0.5, 0.6) is 0 Å². The second-order valence-corrected chi connectivity index (χ2v) is 7.18. The first kappa shape index (κ1) is 15.3. The van der Waals surface area contributed by atoms with Crippen LogP contribution in [-0.4, -0.2) is 40.4 Å². The third-order valence-electron chi connectivity index (χ3n) is 3.76. The van der Waals surface area contributed by atoms with Crippen LogP contribution in [0, 0.1) is 5.41 Å². The van der Waals surface area contributed by atoms with Gasteiger partial charge in [0, 0.05) is 6.54 Å². The Morgan fingerprint density at radius 3 is 2.22 bits per heavy atom. The summed E-state index contributed by atoms with van der Waals surface area (Å²) in [4.78, 5) is 14.0. The molecule has 1 N–H and O–H groups in total. The molecule has 1 rings (SSSR count). The van der Waals surface area contributed by atoms with Gasteiger partial charge in [-0.2, -0.15) is 0 Å². The Morgan fingerprint density at radius 1 is 1.28 bits per heavy atom. The fraction of sp³-hybridized carbons (Fsp3) is 0.929. The quantitative estimate of drug-likeness (QED) is 0.786. The number of rotatable bonds is 1. The van der Waals surface area contributed by atoms with Crippen molar-refractivity contribution in [3.8, 4) is 0 Å². The van der Waals surface area contributed by atoms with E-state index in [-0.39, 0.29) is 18.1 Å². The van der Waals surface area contributed by atoms with Gasteiger partial charge in [-0.3, -0.25) is 4.90 Å². The molecule has 0 unspecified atom stereocenters. The lowest BCUT2D eigenvalue weighted by Gasteiger charge is -2.47. The van der Waals surface area contributed by atoms with Crippen LogP contribution in [-0.2, 0) is 4.74 Å². The maximum Gasteiger partial charge on any atom is 0.410 e. The van der Waals surface area contributed by atoms with Crippen molar-refractivity contribution < 1.29 is 14.6 Å². The van der Waals surface area contributed by atoms with E-state index in [0.717, 1.165) is 12.8 Å². The second kappa shape index (κ2) is 4.72. The maximum absolute atomic E-state index is 12.3. The Morgan fingerprint density at radius 2 is 1.83 bits per heavy atom. The van der Waals surface area contributed by atoms with Crippen molar-refractivity contribution in [2.75, 3.05) is 13.2 Å². The molecule has 18 heavy (non-hydrogen) atoms. The number of amides is 1. The van der Waals surface area contributed by atoms with E-state index in [2.05, 4.69) is 20.8 Å². The van der Waals surface area contributed by atoms with Crippen molar-refractivity contribution in [3.05, 3.63) is 0 Å². The van der Waals surface area contributed by atoms with Crippen LogP contribution >= 0.6 is 0 Å². The summed E-state index contributed by atoms with van der Waals surface area (Å²) in [6.07, 6.45) is 1.42. The van der Waals surface area contributed by atoms with Gasteiger partial charge in [0.2, 0.25) is 0 Å². The fourth-order valence-corrected chi connectivity index (χ4v) is 2.64. The molecule has 1 saturated heterocycles. The molecule has 0 radical (unpaired) electrons. The highest BCUT2D eigenvalue weighted by molar-refractivity contribution is 5.70. The largest absolute Gasteiger partial charge is 0.444 e. The Kier molecular flexibility index (Phi) is 4.01. The zero-order valence-electron chi connectivity index (χ0n) is 12.5. The van der Waals surface area contributed by atoms with Gasteiger partial charge < -0.3 is 9.84 Å². The summed E-state index contributed by atoms with van der Waals surface area (Å²) >= 11 is 0. The van der Waals surface area contributed by atoms with Gasteiger partial charge in [-0.05, 0) is 39.0 Å². The average molecular weight is 257 g/mol. The number of hydrogen-bond acceptors (Lipinski definition) is 3. The van der Waals surface area contributed by atoms with Crippen LogP contribution in [0.25, 0.3) is 0 Å². The van der Waals surface area contributed by atoms with Crippen molar-refractivity contribution in [2.24, 2.45) is 5.41 Å². The molecule has 1 aliphatic rings. The molecule has 4 nitrogen and oxygen atoms in total. The zero-order valence-corrected chi connectivity index (χ0v) is 12.5. The molecular formula is C14H27NO3. The number of aliphatic hydroxyl groups excluding tert-OH is 1. The van der Waals surface area contributed by atoms with Crippen LogP contribution in [0.2, 0.25) is 0 Å². The molecule has 0 aromatic rings. The van der Waals surface area contributed by atoms with E-state index in [1.807, 2.05) is 20.8 Å². The van der Waals surface area contributed by atoms with Gasteiger partial charge in [0.05, 0.1) is 12.1 Å². The van der Waals surface area contributed by atoms with Crippen LogP contribution < -0.4 is 0 Å². The molecule has 0 aromatic carbocycles. The monoisotopic (exact) mass is 257 g/mol. The number of ether oxygens (including phenoxy) is 1. The number of hydrogen-bond donors (Lipinski definition) is 1. The molecule has 1 amide bonds. The predicted octanol–water partition coefficient (Wildman–Crippen LogP) is 2.79. The first-order chi connectivity index (χ1) is 8.03. The molecule has 0 aliphatic carbocycles. The van der Waals surface area contributed by atoms with Gasteiger partial charge >= 0.3 is 6.09 Å². The van der Waals surface area contributed by atoms with Crippen LogP contribution in [0.15, 0.2) is 0 Å². The molecule has 1 aliphatic heterocycles. The number of carbonyl (C=O) groups excluding carboxylic acids is 1. The Bertz CT molecular complexity index is 314. The van der Waals surface area contributed by atoms with Crippen LogP contribution in [0.4, 0.5) is 4.79 Å². The molecule has 0 bridgehead atoms. The summed E-state index contributed by atoms with van der Waals surface area (Å²) in [5.41, 5.74) is -1.18. The SMILES string of the molecule is CC(C)(C)OC(=O)N1CCC[C@]1(CO)C(C)(C)C. The minimum Gasteiger partial charge on any atom is -0.444 e. The lowest BCUT2D eigenvalue weighted by Crippen LogP contribution is -2.58. The highest BCUT2D eigenvalue weighted by atomic mass is 16.6. The molecular weight excluding hydrogens is 230 g/mol. The zero-order chi connectivity index (χ0) is 14.2. The van der Waals surface area contributed by atoms with Crippen molar-refractivity contribution in [2.45, 2.75) is 65.5 Å². The van der Waals surface area contributed by atoms with Gasteiger partial charge in [0.25, 0.3) is 0 Å². The van der Waals surface area contributed by atoms with E-state index in [9.17, 15) is 9.90 Å². The summed E-state index contributed by atoms with van der Waals surface area (Å²) in [5.74, 6) is 0. The number of likely N-dealkylation sites (tertiary alicyclic amines) is 1. The van der Waals surface area contributed by atoms with E-state index in [0.29, 0.717) is 6.54 Å². The van der Waals surface area contributed by atoms with E-state index in [4.69, 9.17) is 4.74 Å². The Labute approximate surface area is 110 Å². The van der Waals surface area contributed by atoms with Crippen LogP contribution in [0.3, 0.4) is 0 Å². The molecule has 1 heterocycles. The Balaban J connectivity index is 2.97. The van der Waals surface area contributed by atoms with Gasteiger partial charge in [-0.15, -0.1) is 0 Å². The lowest BCUT2D eigenvalue weighted by molar-refractivity contribution is -0.0419. The normalized spacial score (nSPS) is 25.4. The molecule has 0 saturated carbocycles. The minimum absolute atomic E-state index is 0.0181. The van der Waals surface area contributed by atoms with Crippen molar-refractivity contribution in [1.82, 2.24) is 4.90 Å². The third kappa shape index (κ3) is 2.79. The molecule has 1 atom stereocenters. The van der Waals surface area contributed by atoms with Crippen molar-refractivity contribution in [1.29, 1.82) is 0 Å². The summed E-state index contributed by atoms with van der Waals surface area (Å²) in [6, 6.07) is 0. The lowest BCUT2D eigenvalue weighted by atomic mass is 9.72. The average Bonchev–Trinajstić information content (AvgIpc) is 2.58. The maximum atomic E-state index is 12.3. The molecule has 0 spiro atoms. The topological polar surface area (TPSA) is 49.8 Å². The molecule has 1 fully saturated rings. The highest BCUT2D eigenvalue weighted by Crippen LogP contribution is 2.43. The van der Waals surface area contributed by atoms with E-state index >= 15 is 0 Å². The predicted molar refractivity (Wildman–Crippen MR) is 71.4 cm³/mol. The summed E-state index contributed by atoms with van der Waals surface area (Å²) < 4.78 is 5.45. The highest BCUT2D eigenvalue weighted by Gasteiger charge is 2.52. The number of nitrogens with zero attached hydrogens (tertiary/aromatic N) is 1. The van der Waals surface area contributed by atoms with Gasteiger partial charge in [-0.1, -0.05) is 20.8 Å². The summed E-state index contributed by atoms with van der Waals surface area (Å²) in [7, 11) is 0. The van der Waals surface area contributed by atoms with Crippen molar-refractivity contribution >= 4 is 6.09 Å². The van der Waals surface area contributed by atoms with Gasteiger partial charge in [-0.25, -0.2) is 4.79 Å². The smallest absolute Gasteiger partial charge is 0.410 e. The minimum atomic E-state index is -0.505. The van der Waals surface area contributed by atoms with Crippen molar-refractivity contribution in [3.63, 3.8) is 0 Å². The first-order valence-electron chi connectivity index (χ1n) is 6.65. The Hall–Kier alpha value is -0.770. The third-order valence-corrected chi connectivity index (χ3v) is 3.76. The standard InChI is InChI=1S/C14H27NO3/c1-12(2,3)14(10-16)8-7-9-15(14)11(17)18-13(4,5)6/h16H,7-10H2,1-6H3/t14-/m0/s1. The summed E-state index contributed by atoms with van der Waals surface area (Å²) in [5, 5.41) is 9.82. The first-order valence-corrected chi connectivity index (χ1v) is 6.65. The number of carbonyl (C=O) groups is 1. The summed E-state index contributed by atoms with van der Waals surface area (Å²) in [6.45, 7) is 12.4. The fourth-order valence-electron chi connectivity index (χ4n) is 2.64. The van der Waals surface area contributed by atoms with Crippen LogP contribution in [0.1, 0.15) is 54.4 Å². The van der Waals surface area contributed by atoms with E-state index in [1.165, 1.54) is 0 Å². The molecule has 4 heteroatoms. The van der Waals surface area contributed by atoms with Gasteiger partial charge in [0.15, 0.2) is 0 Å². The van der Waals surface area contributed by atoms with E-state index < -0.39 is 11.1 Å². The number of aliphatic hydroxyl groups is 1.